The van der Waals surface area contributed by atoms with E-state index in [2.05, 4.69) is 6.92 Å². The highest BCUT2D eigenvalue weighted by atomic mass is 32.2. The number of unbranched alkanes of at least 4 members (excludes halogenated alkanes) is 9. The van der Waals surface area contributed by atoms with E-state index < -0.39 is 21.3 Å². The number of hydrogen-bond donors (Lipinski definition) is 2. The van der Waals surface area contributed by atoms with Crippen LogP contribution in [-0.2, 0) is 14.9 Å². The first kappa shape index (κ1) is 23.1. The summed E-state index contributed by atoms with van der Waals surface area (Å²) in [5, 5.41) is 7.71. The average Bonchev–Trinajstić information content (AvgIpc) is 2.49. The largest absolute Gasteiger partial charge is 0.481 e. The van der Waals surface area contributed by atoms with Crippen molar-refractivity contribution in [3.05, 3.63) is 12.2 Å². The number of aliphatic carboxylic acids is 1. The van der Waals surface area contributed by atoms with E-state index in [-0.39, 0.29) is 6.42 Å². The van der Waals surface area contributed by atoms with Crippen molar-refractivity contribution < 1.29 is 22.9 Å². The van der Waals surface area contributed by atoms with Crippen molar-refractivity contribution in [2.24, 2.45) is 0 Å². The summed E-state index contributed by atoms with van der Waals surface area (Å²) in [5.41, 5.74) is 0. The maximum absolute atomic E-state index is 11.4. The van der Waals surface area contributed by atoms with Crippen LogP contribution in [0.3, 0.4) is 0 Å². The summed E-state index contributed by atoms with van der Waals surface area (Å²) in [4.78, 5) is 10.4. The first-order chi connectivity index (χ1) is 11.4. The monoisotopic (exact) mass is 362 g/mol. The number of hydrogen-bond acceptors (Lipinski definition) is 3. The molecule has 2 N–H and O–H groups in total. The lowest BCUT2D eigenvalue weighted by molar-refractivity contribution is -0.137. The van der Waals surface area contributed by atoms with Gasteiger partial charge in [-0.15, -0.1) is 0 Å². The Morgan fingerprint density at radius 1 is 0.958 bits per heavy atom. The Bertz CT molecular complexity index is 442. The van der Waals surface area contributed by atoms with Gasteiger partial charge in [-0.25, -0.2) is 0 Å². The summed E-state index contributed by atoms with van der Waals surface area (Å²) in [6.45, 7) is 2.18. The maximum atomic E-state index is 11.4. The molecule has 0 aromatic carbocycles. The van der Waals surface area contributed by atoms with E-state index >= 15 is 0 Å². The first-order valence-electron chi connectivity index (χ1n) is 9.22. The molecular weight excluding hydrogens is 328 g/mol. The molecule has 0 heterocycles. The average molecular weight is 363 g/mol. The van der Waals surface area contributed by atoms with Gasteiger partial charge in [0.1, 0.15) is 5.25 Å². The number of carboxylic acid groups (broad SMARTS) is 1. The highest BCUT2D eigenvalue weighted by Gasteiger charge is 2.18. The molecule has 0 radical (unpaired) electrons. The summed E-state index contributed by atoms with van der Waals surface area (Å²) in [7, 11) is -4.06. The smallest absolute Gasteiger partial charge is 0.303 e. The normalized spacial score (nSPS) is 13.4. The van der Waals surface area contributed by atoms with Crippen LogP contribution in [0.1, 0.15) is 90.4 Å². The Labute approximate surface area is 147 Å². The molecule has 0 rings (SSSR count). The molecule has 1 unspecified atom stereocenters. The van der Waals surface area contributed by atoms with Gasteiger partial charge in [-0.2, -0.15) is 8.42 Å². The molecule has 0 fully saturated rings. The molecule has 142 valence electrons. The summed E-state index contributed by atoms with van der Waals surface area (Å²) in [6.07, 6.45) is 14.9. The minimum absolute atomic E-state index is 0.153. The summed E-state index contributed by atoms with van der Waals surface area (Å²) in [5.74, 6) is -0.802. The molecule has 6 heteroatoms. The van der Waals surface area contributed by atoms with Gasteiger partial charge in [0.25, 0.3) is 10.1 Å². The second kappa shape index (κ2) is 14.5. The second-order valence-corrected chi connectivity index (χ2v) is 8.02. The van der Waals surface area contributed by atoms with Gasteiger partial charge in [0.2, 0.25) is 0 Å². The summed E-state index contributed by atoms with van der Waals surface area (Å²) in [6, 6.07) is 0. The molecule has 24 heavy (non-hydrogen) atoms. The third kappa shape index (κ3) is 14.7. The van der Waals surface area contributed by atoms with Crippen LogP contribution in [0, 0.1) is 0 Å². The highest BCUT2D eigenvalue weighted by Crippen LogP contribution is 2.15. The Morgan fingerprint density at radius 2 is 1.54 bits per heavy atom. The topological polar surface area (TPSA) is 91.7 Å². The van der Waals surface area contributed by atoms with Crippen molar-refractivity contribution in [2.75, 3.05) is 0 Å². The van der Waals surface area contributed by atoms with Crippen LogP contribution in [0.5, 0.6) is 0 Å². The zero-order valence-electron chi connectivity index (χ0n) is 15.0. The molecule has 0 aliphatic heterocycles. The summed E-state index contributed by atoms with van der Waals surface area (Å²) >= 11 is 0. The minimum Gasteiger partial charge on any atom is -0.481 e. The molecular formula is C18H34O5S. The van der Waals surface area contributed by atoms with E-state index in [1.165, 1.54) is 25.7 Å². The lowest BCUT2D eigenvalue weighted by Gasteiger charge is -2.09. The molecule has 5 nitrogen and oxygen atoms in total. The number of rotatable bonds is 16. The van der Waals surface area contributed by atoms with Gasteiger partial charge < -0.3 is 5.11 Å². The predicted molar refractivity (Wildman–Crippen MR) is 97.8 cm³/mol. The van der Waals surface area contributed by atoms with E-state index in [1.807, 2.05) is 6.08 Å². The van der Waals surface area contributed by atoms with Crippen LogP contribution in [0.15, 0.2) is 12.2 Å². The lowest BCUT2D eigenvalue weighted by atomic mass is 10.1. The van der Waals surface area contributed by atoms with Crippen molar-refractivity contribution in [3.63, 3.8) is 0 Å². The second-order valence-electron chi connectivity index (χ2n) is 6.38. The number of allylic oxidation sites excluding steroid dienone is 1. The van der Waals surface area contributed by atoms with E-state index in [9.17, 15) is 17.8 Å². The van der Waals surface area contributed by atoms with E-state index in [1.54, 1.807) is 6.08 Å². The van der Waals surface area contributed by atoms with Crippen molar-refractivity contribution in [1.82, 2.24) is 0 Å². The Morgan fingerprint density at radius 3 is 2.17 bits per heavy atom. The van der Waals surface area contributed by atoms with Crippen LogP contribution >= 0.6 is 0 Å². The zero-order chi connectivity index (χ0) is 18.3. The van der Waals surface area contributed by atoms with Crippen molar-refractivity contribution in [2.45, 2.75) is 95.6 Å². The first-order valence-corrected chi connectivity index (χ1v) is 10.7. The molecule has 0 saturated heterocycles. The van der Waals surface area contributed by atoms with E-state index in [4.69, 9.17) is 5.11 Å². The standard InChI is InChI=1S/C18H34O5S/c1-2-3-4-5-6-7-8-11-14-17(24(21,22)23)15-12-9-10-13-16-18(19)20/h11,14,17H,2-10,12-13,15-16H2,1H3,(H,19,20)(H,21,22,23). The third-order valence-corrected chi connectivity index (χ3v) is 5.24. The fourth-order valence-electron chi connectivity index (χ4n) is 2.61. The lowest BCUT2D eigenvalue weighted by Crippen LogP contribution is -2.17. The fourth-order valence-corrected chi connectivity index (χ4v) is 3.38. The van der Waals surface area contributed by atoms with Gasteiger partial charge in [-0.1, -0.05) is 70.4 Å². The van der Waals surface area contributed by atoms with Gasteiger partial charge in [-0.3, -0.25) is 9.35 Å². The fraction of sp³-hybridized carbons (Fsp3) is 0.833. The zero-order valence-corrected chi connectivity index (χ0v) is 15.8. The molecule has 0 aromatic heterocycles. The van der Waals surface area contributed by atoms with E-state index in [0.29, 0.717) is 19.3 Å². The Hall–Kier alpha value is -0.880. The quantitative estimate of drug-likeness (QED) is 0.230. The molecule has 1 atom stereocenters. The highest BCUT2D eigenvalue weighted by molar-refractivity contribution is 7.86. The maximum Gasteiger partial charge on any atom is 0.303 e. The predicted octanol–water partition coefficient (Wildman–Crippen LogP) is 4.97. The molecule has 0 aliphatic rings. The third-order valence-electron chi connectivity index (χ3n) is 4.09. The number of carbonyl (C=O) groups is 1. The number of carboxylic acids is 1. The van der Waals surface area contributed by atoms with E-state index in [0.717, 1.165) is 32.1 Å². The minimum atomic E-state index is -4.06. The Kier molecular flexibility index (Phi) is 13.9. The van der Waals surface area contributed by atoms with Crippen LogP contribution < -0.4 is 0 Å². The van der Waals surface area contributed by atoms with Gasteiger partial charge in [0.15, 0.2) is 0 Å². The molecule has 0 saturated carbocycles. The van der Waals surface area contributed by atoms with Crippen molar-refractivity contribution in [1.29, 1.82) is 0 Å². The molecule has 0 amide bonds. The van der Waals surface area contributed by atoms with Crippen LogP contribution in [0.2, 0.25) is 0 Å². The van der Waals surface area contributed by atoms with Crippen molar-refractivity contribution in [3.8, 4) is 0 Å². The van der Waals surface area contributed by atoms with Crippen LogP contribution in [0.25, 0.3) is 0 Å². The molecule has 0 spiro atoms. The SMILES string of the molecule is CCCCCCCCC=CC(CCCCCCC(=O)O)S(=O)(=O)O. The molecule has 0 bridgehead atoms. The van der Waals surface area contributed by atoms with Crippen molar-refractivity contribution >= 4 is 16.1 Å². The Balaban J connectivity index is 3.93. The summed E-state index contributed by atoms with van der Waals surface area (Å²) < 4.78 is 32.1. The van der Waals surface area contributed by atoms with Gasteiger partial charge in [-0.05, 0) is 25.7 Å². The van der Waals surface area contributed by atoms with Crippen LogP contribution in [-0.4, -0.2) is 29.3 Å². The molecule has 0 aromatic rings. The molecule has 0 aliphatic carbocycles. The van der Waals surface area contributed by atoms with Gasteiger partial charge in [0, 0.05) is 6.42 Å². The van der Waals surface area contributed by atoms with Gasteiger partial charge >= 0.3 is 5.97 Å². The van der Waals surface area contributed by atoms with Gasteiger partial charge in [0.05, 0.1) is 0 Å². The van der Waals surface area contributed by atoms with Crippen LogP contribution in [0.4, 0.5) is 0 Å².